The van der Waals surface area contributed by atoms with Crippen LogP contribution in [0.5, 0.6) is 0 Å². The average Bonchev–Trinajstić information content (AvgIpc) is 3.11. The Morgan fingerprint density at radius 2 is 1.00 bits per heavy atom. The molecule has 0 radical (unpaired) electrons. The average molecular weight is 749 g/mol. The maximum atomic E-state index is 12.4. The van der Waals surface area contributed by atoms with E-state index in [0.29, 0.717) is 12.8 Å². The van der Waals surface area contributed by atoms with Gasteiger partial charge in [-0.3, -0.25) is 14.1 Å². The number of hydrogen-bond donors (Lipinski definition) is 2. The van der Waals surface area contributed by atoms with Gasteiger partial charge in [0, 0.05) is 12.8 Å². The summed E-state index contributed by atoms with van der Waals surface area (Å²) in [6, 6.07) is 0. The van der Waals surface area contributed by atoms with Gasteiger partial charge in [0.25, 0.3) is 0 Å². The Kier molecular flexibility index (Phi) is 36.4. The predicted octanol–water partition coefficient (Wildman–Crippen LogP) is 12.3. The highest BCUT2D eigenvalue weighted by Crippen LogP contribution is 2.36. The van der Waals surface area contributed by atoms with E-state index in [0.717, 1.165) is 51.4 Å². The molecule has 0 aromatic carbocycles. The third-order valence-corrected chi connectivity index (χ3v) is 8.84. The summed E-state index contributed by atoms with van der Waals surface area (Å²) in [6.07, 6.45) is 48.1. The fourth-order valence-corrected chi connectivity index (χ4v) is 5.70. The number of phosphoric acid groups is 1. The van der Waals surface area contributed by atoms with Gasteiger partial charge in [-0.25, -0.2) is 4.57 Å². The number of allylic oxidation sites excluding steroid dienone is 11. The van der Waals surface area contributed by atoms with E-state index in [-0.39, 0.29) is 19.4 Å². The van der Waals surface area contributed by atoms with Crippen LogP contribution in [0.3, 0.4) is 0 Å². The zero-order valence-corrected chi connectivity index (χ0v) is 33.4. The lowest BCUT2D eigenvalue weighted by Gasteiger charge is -2.18. The normalized spacial score (nSPS) is 13.0. The maximum absolute atomic E-state index is 12.4. The van der Waals surface area contributed by atoms with Gasteiger partial charge in [-0.15, -0.1) is 6.58 Å². The Morgan fingerprint density at radius 1 is 0.558 bits per heavy atom. The monoisotopic (exact) mass is 749 g/mol. The van der Waals surface area contributed by atoms with Crippen molar-refractivity contribution in [1.29, 1.82) is 0 Å². The molecule has 0 bridgehead atoms. The molecule has 0 saturated heterocycles. The molecule has 52 heavy (non-hydrogen) atoms. The number of phosphoric ester groups is 1. The van der Waals surface area contributed by atoms with Gasteiger partial charge in [-0.1, -0.05) is 157 Å². The van der Waals surface area contributed by atoms with Gasteiger partial charge in [-0.05, 0) is 64.2 Å². The van der Waals surface area contributed by atoms with Gasteiger partial charge in [0.05, 0.1) is 6.61 Å². The third kappa shape index (κ3) is 40.3. The van der Waals surface area contributed by atoms with E-state index >= 15 is 0 Å². The van der Waals surface area contributed by atoms with E-state index in [1.807, 2.05) is 18.2 Å². The van der Waals surface area contributed by atoms with Gasteiger partial charge >= 0.3 is 19.8 Å². The van der Waals surface area contributed by atoms with Crippen molar-refractivity contribution >= 4 is 19.8 Å². The van der Waals surface area contributed by atoms with Gasteiger partial charge in [0.2, 0.25) is 0 Å². The first-order valence-electron chi connectivity index (χ1n) is 20.2. The molecule has 9 heteroatoms. The fourth-order valence-electron chi connectivity index (χ4n) is 5.33. The van der Waals surface area contributed by atoms with Crippen LogP contribution in [-0.4, -0.2) is 41.0 Å². The first-order valence-corrected chi connectivity index (χ1v) is 21.7. The molecule has 1 atom stereocenters. The predicted molar refractivity (Wildman–Crippen MR) is 216 cm³/mol. The number of carbonyl (C=O) groups excluding carboxylic acids is 2. The van der Waals surface area contributed by atoms with Crippen molar-refractivity contribution in [2.24, 2.45) is 0 Å². The van der Waals surface area contributed by atoms with Crippen molar-refractivity contribution in [3.63, 3.8) is 0 Å². The fraction of sp³-hybridized carbons (Fsp3) is 0.674. The first kappa shape index (κ1) is 49.5. The maximum Gasteiger partial charge on any atom is 0.469 e. The summed E-state index contributed by atoms with van der Waals surface area (Å²) < 4.78 is 26.3. The van der Waals surface area contributed by atoms with Gasteiger partial charge in [0.15, 0.2) is 6.10 Å². The molecular formula is C43H73O8P. The summed E-state index contributed by atoms with van der Waals surface area (Å²) in [6.45, 7) is 5.10. The Bertz CT molecular complexity index is 1060. The van der Waals surface area contributed by atoms with Gasteiger partial charge in [-0.2, -0.15) is 0 Å². The van der Waals surface area contributed by atoms with Crippen molar-refractivity contribution < 1.29 is 37.9 Å². The van der Waals surface area contributed by atoms with Crippen LogP contribution in [0.1, 0.15) is 167 Å². The second-order valence-corrected chi connectivity index (χ2v) is 14.6. The van der Waals surface area contributed by atoms with Crippen molar-refractivity contribution in [3.05, 3.63) is 73.4 Å². The van der Waals surface area contributed by atoms with E-state index < -0.39 is 32.5 Å². The summed E-state index contributed by atoms with van der Waals surface area (Å²) in [5.41, 5.74) is 0. The zero-order valence-electron chi connectivity index (χ0n) is 32.5. The molecule has 0 spiro atoms. The topological polar surface area (TPSA) is 119 Å². The van der Waals surface area contributed by atoms with Gasteiger partial charge < -0.3 is 19.3 Å². The van der Waals surface area contributed by atoms with Crippen LogP contribution in [0.25, 0.3) is 0 Å². The number of esters is 2. The molecule has 298 valence electrons. The van der Waals surface area contributed by atoms with Crippen LogP contribution < -0.4 is 0 Å². The minimum Gasteiger partial charge on any atom is -0.462 e. The van der Waals surface area contributed by atoms with E-state index in [1.54, 1.807) is 0 Å². The zero-order chi connectivity index (χ0) is 38.2. The lowest BCUT2D eigenvalue weighted by atomic mass is 10.0. The summed E-state index contributed by atoms with van der Waals surface area (Å²) in [5.74, 6) is -0.988. The number of hydrogen-bond acceptors (Lipinski definition) is 6. The van der Waals surface area contributed by atoms with Crippen LogP contribution in [-0.2, 0) is 28.2 Å². The summed E-state index contributed by atoms with van der Waals surface area (Å²) >= 11 is 0. The summed E-state index contributed by atoms with van der Waals surface area (Å²) in [4.78, 5) is 42.7. The molecule has 0 aromatic rings. The van der Waals surface area contributed by atoms with Crippen LogP contribution in [0.4, 0.5) is 0 Å². The van der Waals surface area contributed by atoms with E-state index in [4.69, 9.17) is 19.3 Å². The van der Waals surface area contributed by atoms with Crippen molar-refractivity contribution in [3.8, 4) is 0 Å². The third-order valence-electron chi connectivity index (χ3n) is 8.36. The molecule has 0 unspecified atom stereocenters. The Hall–Kier alpha value is -2.51. The minimum atomic E-state index is -4.77. The van der Waals surface area contributed by atoms with Crippen LogP contribution in [0.2, 0.25) is 0 Å². The molecule has 0 aliphatic carbocycles. The number of rotatable bonds is 37. The van der Waals surface area contributed by atoms with Crippen molar-refractivity contribution in [2.45, 2.75) is 174 Å². The van der Waals surface area contributed by atoms with Crippen LogP contribution in [0.15, 0.2) is 73.4 Å². The minimum absolute atomic E-state index is 0.140. The molecule has 0 rings (SSSR count). The Labute approximate surface area is 317 Å². The molecule has 0 amide bonds. The summed E-state index contributed by atoms with van der Waals surface area (Å²) in [7, 11) is -4.77. The number of ether oxygens (including phenoxy) is 2. The second-order valence-electron chi connectivity index (χ2n) is 13.3. The smallest absolute Gasteiger partial charge is 0.462 e. The van der Waals surface area contributed by atoms with Gasteiger partial charge in [0.1, 0.15) is 6.61 Å². The van der Waals surface area contributed by atoms with E-state index in [9.17, 15) is 14.2 Å². The molecule has 0 heterocycles. The molecule has 0 saturated carbocycles. The first-order chi connectivity index (χ1) is 25.3. The lowest BCUT2D eigenvalue weighted by molar-refractivity contribution is -0.161. The molecule has 0 aliphatic rings. The Morgan fingerprint density at radius 3 is 1.48 bits per heavy atom. The SMILES string of the molecule is C=CCCCCCCCCCCCCCCCC(=O)O[C@H](COC(=O)CC/C=C/C/C=C/C/C=C/C/C=C/C/C=C/CCCCC)COP(=O)(O)O. The standard InChI is InChI=1S/C43H73O8P/c1-3-5-7-9-11-13-15-17-19-20-21-22-24-25-27-29-31-33-35-37-42(44)49-39-41(40-50-52(46,47)48)51-43(45)38-36-34-32-30-28-26-23-18-16-14-12-10-8-6-4-2/h4,11,13,17,19,21-22,25,27,31,33,41H,2-3,5-10,12,14-16,18,20,23-24,26,28-30,32,34-40H2,1H3,(H2,46,47,48)/b13-11+,19-17+,22-21+,27-25+,33-31+/t41-/m1/s1. The Balaban J connectivity index is 4.06. The number of carbonyl (C=O) groups is 2. The van der Waals surface area contributed by atoms with E-state index in [2.05, 4.69) is 66.6 Å². The molecule has 0 aromatic heterocycles. The quantitative estimate of drug-likeness (QED) is 0.0279. The lowest BCUT2D eigenvalue weighted by Crippen LogP contribution is -2.29. The molecule has 0 fully saturated rings. The van der Waals surface area contributed by atoms with Crippen molar-refractivity contribution in [2.75, 3.05) is 13.2 Å². The molecule has 8 nitrogen and oxygen atoms in total. The number of unbranched alkanes of at least 4 members (excludes halogenated alkanes) is 16. The molecular weight excluding hydrogens is 675 g/mol. The molecule has 0 aliphatic heterocycles. The second kappa shape index (κ2) is 38.2. The van der Waals surface area contributed by atoms with Crippen LogP contribution in [0, 0.1) is 0 Å². The largest absolute Gasteiger partial charge is 0.469 e. The van der Waals surface area contributed by atoms with Crippen molar-refractivity contribution in [1.82, 2.24) is 0 Å². The van der Waals surface area contributed by atoms with E-state index in [1.165, 1.54) is 83.5 Å². The van der Waals surface area contributed by atoms with Crippen LogP contribution >= 0.6 is 7.82 Å². The summed E-state index contributed by atoms with van der Waals surface area (Å²) in [5, 5.41) is 0. The highest BCUT2D eigenvalue weighted by molar-refractivity contribution is 7.46. The molecule has 2 N–H and O–H groups in total. The highest BCUT2D eigenvalue weighted by atomic mass is 31.2. The highest BCUT2D eigenvalue weighted by Gasteiger charge is 2.22.